The van der Waals surface area contributed by atoms with Gasteiger partial charge in [0.15, 0.2) is 0 Å². The first kappa shape index (κ1) is 22.3. The zero-order chi connectivity index (χ0) is 24.4. The highest BCUT2D eigenvalue weighted by molar-refractivity contribution is 5.76. The normalized spacial score (nSPS) is 10.9. The number of anilines is 3. The molecule has 0 unspecified atom stereocenters. The second kappa shape index (κ2) is 9.43. The van der Waals surface area contributed by atoms with E-state index in [9.17, 15) is 13.2 Å². The molecule has 2 heterocycles. The van der Waals surface area contributed by atoms with Crippen molar-refractivity contribution in [1.82, 2.24) is 9.97 Å². The van der Waals surface area contributed by atoms with Gasteiger partial charge in [-0.2, -0.15) is 0 Å². The lowest BCUT2D eigenvalue weighted by Crippen LogP contribution is -2.13. The molecule has 0 saturated carbocycles. The van der Waals surface area contributed by atoms with Crippen LogP contribution < -0.4 is 4.90 Å². The van der Waals surface area contributed by atoms with Crippen molar-refractivity contribution in [1.29, 1.82) is 0 Å². The van der Waals surface area contributed by atoms with Gasteiger partial charge in [-0.3, -0.25) is 4.90 Å². The summed E-state index contributed by atoms with van der Waals surface area (Å²) in [6.07, 6.45) is 0. The average Bonchev–Trinajstić information content (AvgIpc) is 2.85. The fraction of sp³-hybridized carbons (Fsp3) is 0.0345. The number of rotatable bonds is 5. The van der Waals surface area contributed by atoms with E-state index >= 15 is 0 Å². The van der Waals surface area contributed by atoms with Gasteiger partial charge in [-0.25, -0.2) is 23.1 Å². The zero-order valence-electron chi connectivity index (χ0n) is 18.8. The third-order valence-electron chi connectivity index (χ3n) is 5.61. The molecule has 172 valence electrons. The van der Waals surface area contributed by atoms with E-state index in [2.05, 4.69) is 0 Å². The second-order valence-corrected chi connectivity index (χ2v) is 8.02. The average molecular weight is 467 g/mol. The molecule has 3 nitrogen and oxygen atoms in total. The van der Waals surface area contributed by atoms with Crippen LogP contribution in [-0.4, -0.2) is 9.97 Å². The van der Waals surface area contributed by atoms with Gasteiger partial charge in [0.1, 0.15) is 29.1 Å². The van der Waals surface area contributed by atoms with Gasteiger partial charge in [-0.15, -0.1) is 0 Å². The third-order valence-corrected chi connectivity index (χ3v) is 5.61. The highest BCUT2D eigenvalue weighted by atomic mass is 19.1. The molecule has 5 rings (SSSR count). The summed E-state index contributed by atoms with van der Waals surface area (Å²) < 4.78 is 41.6. The molecular formula is C29H20F3N3. The Balaban J connectivity index is 1.64. The van der Waals surface area contributed by atoms with Crippen molar-refractivity contribution in [2.75, 3.05) is 4.90 Å². The van der Waals surface area contributed by atoms with Crippen LogP contribution in [0.1, 0.15) is 5.56 Å². The number of nitrogens with zero attached hydrogens (tertiary/aromatic N) is 3. The summed E-state index contributed by atoms with van der Waals surface area (Å²) in [5.41, 5.74) is 3.64. The maximum absolute atomic E-state index is 14.5. The Morgan fingerprint density at radius 1 is 0.571 bits per heavy atom. The summed E-state index contributed by atoms with van der Waals surface area (Å²) in [6, 6.07) is 28.4. The SMILES string of the molecule is Cc1cc(F)ccc1-c1cccc(N(c2ccccc2)c2cccc(-c3ccc(F)cc3F)n2)n1. The number of pyridine rings is 2. The van der Waals surface area contributed by atoms with Crippen LogP contribution in [0, 0.1) is 24.4 Å². The lowest BCUT2D eigenvalue weighted by atomic mass is 10.0. The molecule has 0 radical (unpaired) electrons. The summed E-state index contributed by atoms with van der Waals surface area (Å²) in [6.45, 7) is 1.84. The van der Waals surface area contributed by atoms with E-state index in [4.69, 9.17) is 9.97 Å². The molecule has 0 aliphatic heterocycles. The van der Waals surface area contributed by atoms with Crippen molar-refractivity contribution in [3.05, 3.63) is 126 Å². The fourth-order valence-corrected chi connectivity index (χ4v) is 3.97. The molecule has 3 aromatic carbocycles. The van der Waals surface area contributed by atoms with Gasteiger partial charge in [-0.1, -0.05) is 30.3 Å². The second-order valence-electron chi connectivity index (χ2n) is 8.02. The number of hydrogen-bond donors (Lipinski definition) is 0. The van der Waals surface area contributed by atoms with Crippen LogP contribution in [0.15, 0.2) is 103 Å². The Labute approximate surface area is 201 Å². The minimum atomic E-state index is -0.687. The zero-order valence-corrected chi connectivity index (χ0v) is 18.8. The summed E-state index contributed by atoms with van der Waals surface area (Å²) in [5.74, 6) is -0.542. The third kappa shape index (κ3) is 4.64. The Morgan fingerprint density at radius 3 is 1.74 bits per heavy atom. The smallest absolute Gasteiger partial charge is 0.139 e. The Bertz CT molecular complexity index is 1410. The van der Waals surface area contributed by atoms with Crippen molar-refractivity contribution in [2.24, 2.45) is 0 Å². The van der Waals surface area contributed by atoms with Crippen molar-refractivity contribution >= 4 is 17.3 Å². The van der Waals surface area contributed by atoms with Gasteiger partial charge >= 0.3 is 0 Å². The van der Waals surface area contributed by atoms with E-state index in [1.807, 2.05) is 60.4 Å². The summed E-state index contributed by atoms with van der Waals surface area (Å²) >= 11 is 0. The van der Waals surface area contributed by atoms with Crippen molar-refractivity contribution < 1.29 is 13.2 Å². The molecule has 0 aliphatic rings. The first-order valence-corrected chi connectivity index (χ1v) is 11.0. The number of hydrogen-bond acceptors (Lipinski definition) is 3. The van der Waals surface area contributed by atoms with E-state index in [0.29, 0.717) is 23.0 Å². The molecule has 0 fully saturated rings. The van der Waals surface area contributed by atoms with Crippen molar-refractivity contribution in [3.8, 4) is 22.5 Å². The molecule has 0 aliphatic carbocycles. The Hall–Kier alpha value is -4.45. The van der Waals surface area contributed by atoms with Gasteiger partial charge in [-0.05, 0) is 79.2 Å². The van der Waals surface area contributed by atoms with E-state index in [1.54, 1.807) is 24.3 Å². The van der Waals surface area contributed by atoms with Crippen LogP contribution in [0.3, 0.4) is 0 Å². The molecule has 5 aromatic rings. The van der Waals surface area contributed by atoms with Crippen LogP contribution >= 0.6 is 0 Å². The number of benzene rings is 3. The number of halogens is 3. The predicted octanol–water partition coefficient (Wildman–Crippen LogP) is 8.01. The van der Waals surface area contributed by atoms with E-state index in [1.165, 1.54) is 24.3 Å². The largest absolute Gasteiger partial charge is 0.279 e. The van der Waals surface area contributed by atoms with Gasteiger partial charge < -0.3 is 0 Å². The molecule has 0 amide bonds. The maximum Gasteiger partial charge on any atom is 0.139 e. The number of aryl methyl sites for hydroxylation is 1. The number of para-hydroxylation sites is 1. The Morgan fingerprint density at radius 2 is 1.14 bits per heavy atom. The first-order chi connectivity index (χ1) is 17.0. The van der Waals surface area contributed by atoms with Crippen LogP contribution in [0.25, 0.3) is 22.5 Å². The minimum Gasteiger partial charge on any atom is -0.279 e. The molecule has 0 atom stereocenters. The first-order valence-electron chi connectivity index (χ1n) is 11.0. The number of aromatic nitrogens is 2. The molecule has 0 bridgehead atoms. The van der Waals surface area contributed by atoms with Crippen LogP contribution in [0.5, 0.6) is 0 Å². The highest BCUT2D eigenvalue weighted by Crippen LogP contribution is 2.35. The molecule has 0 saturated heterocycles. The predicted molar refractivity (Wildman–Crippen MR) is 132 cm³/mol. The molecule has 0 N–H and O–H groups in total. The van der Waals surface area contributed by atoms with Crippen LogP contribution in [0.4, 0.5) is 30.5 Å². The van der Waals surface area contributed by atoms with Crippen LogP contribution in [0.2, 0.25) is 0 Å². The summed E-state index contributed by atoms with van der Waals surface area (Å²) in [7, 11) is 0. The minimum absolute atomic E-state index is 0.199. The molecule has 0 spiro atoms. The van der Waals surface area contributed by atoms with Crippen LogP contribution in [-0.2, 0) is 0 Å². The monoisotopic (exact) mass is 467 g/mol. The van der Waals surface area contributed by atoms with Gasteiger partial charge in [0.05, 0.1) is 11.4 Å². The Kier molecular flexibility index (Phi) is 6.02. The maximum atomic E-state index is 14.5. The molecular weight excluding hydrogens is 447 g/mol. The summed E-state index contributed by atoms with van der Waals surface area (Å²) in [4.78, 5) is 11.4. The molecule has 35 heavy (non-hydrogen) atoms. The van der Waals surface area contributed by atoms with E-state index in [-0.39, 0.29) is 11.4 Å². The van der Waals surface area contributed by atoms with Crippen molar-refractivity contribution in [3.63, 3.8) is 0 Å². The fourth-order valence-electron chi connectivity index (χ4n) is 3.97. The quantitative estimate of drug-likeness (QED) is 0.262. The molecule has 2 aromatic heterocycles. The topological polar surface area (TPSA) is 29.0 Å². The van der Waals surface area contributed by atoms with Crippen molar-refractivity contribution in [2.45, 2.75) is 6.92 Å². The van der Waals surface area contributed by atoms with Gasteiger partial charge in [0.25, 0.3) is 0 Å². The lowest BCUT2D eigenvalue weighted by molar-refractivity contribution is 0.585. The van der Waals surface area contributed by atoms with Gasteiger partial charge in [0, 0.05) is 22.9 Å². The lowest BCUT2D eigenvalue weighted by Gasteiger charge is -2.24. The van der Waals surface area contributed by atoms with E-state index in [0.717, 1.165) is 22.9 Å². The standard InChI is InChI=1S/C29H20F3N3/c1-19-17-20(30)13-15-23(19)26-9-5-11-28(33-26)35(22-7-3-2-4-8-22)29-12-6-10-27(34-29)24-16-14-21(31)18-25(24)32/h2-18H,1H3. The van der Waals surface area contributed by atoms with E-state index < -0.39 is 11.6 Å². The molecule has 6 heteroatoms. The van der Waals surface area contributed by atoms with Gasteiger partial charge in [0.2, 0.25) is 0 Å². The summed E-state index contributed by atoms with van der Waals surface area (Å²) in [5, 5.41) is 0. The highest BCUT2D eigenvalue weighted by Gasteiger charge is 2.18.